The molecule has 0 fully saturated rings. The normalized spacial score (nSPS) is 10.5. The number of anilines is 1. The molecule has 1 amide bonds. The van der Waals surface area contributed by atoms with Crippen molar-refractivity contribution in [3.05, 3.63) is 23.8 Å². The third kappa shape index (κ3) is 3.66. The van der Waals surface area contributed by atoms with Gasteiger partial charge < -0.3 is 16.2 Å². The number of hydrogen-bond donors (Lipinski definition) is 3. The van der Waals surface area contributed by atoms with Gasteiger partial charge in [-0.1, -0.05) is 13.8 Å². The molecule has 17 heavy (non-hydrogen) atoms. The monoisotopic (exact) mass is 236 g/mol. The highest BCUT2D eigenvalue weighted by atomic mass is 16.3. The lowest BCUT2D eigenvalue weighted by molar-refractivity contribution is -0.125. The van der Waals surface area contributed by atoms with Gasteiger partial charge in [0.05, 0.1) is 0 Å². The molecule has 0 aliphatic rings. The van der Waals surface area contributed by atoms with E-state index in [4.69, 9.17) is 5.73 Å². The maximum atomic E-state index is 11.8. The van der Waals surface area contributed by atoms with Crippen LogP contribution in [0.2, 0.25) is 0 Å². The summed E-state index contributed by atoms with van der Waals surface area (Å²) in [7, 11) is 0. The molecule has 0 unspecified atom stereocenters. The molecule has 0 aliphatic heterocycles. The molecular weight excluding hydrogens is 216 g/mol. The number of carbonyl (C=O) groups excluding carboxylic acids is 1. The molecule has 0 spiro atoms. The number of aromatic hydroxyl groups is 1. The number of carbonyl (C=O) groups is 1. The van der Waals surface area contributed by atoms with E-state index in [1.54, 1.807) is 12.1 Å². The van der Waals surface area contributed by atoms with Crippen LogP contribution in [0.1, 0.15) is 32.3 Å². The van der Waals surface area contributed by atoms with Gasteiger partial charge in [0.15, 0.2) is 0 Å². The highest BCUT2D eigenvalue weighted by molar-refractivity contribution is 5.78. The predicted octanol–water partition coefficient (Wildman–Crippen LogP) is 2.03. The summed E-state index contributed by atoms with van der Waals surface area (Å²) < 4.78 is 0. The second-order valence-corrected chi connectivity index (χ2v) is 4.12. The van der Waals surface area contributed by atoms with E-state index in [0.717, 1.165) is 12.8 Å². The van der Waals surface area contributed by atoms with Gasteiger partial charge in [0, 0.05) is 23.7 Å². The van der Waals surface area contributed by atoms with Crippen LogP contribution in [0.3, 0.4) is 0 Å². The van der Waals surface area contributed by atoms with Crippen molar-refractivity contribution < 1.29 is 9.90 Å². The van der Waals surface area contributed by atoms with E-state index in [2.05, 4.69) is 5.32 Å². The zero-order valence-electron chi connectivity index (χ0n) is 10.4. The molecule has 4 N–H and O–H groups in total. The first-order valence-corrected chi connectivity index (χ1v) is 5.93. The minimum Gasteiger partial charge on any atom is -0.508 e. The molecule has 0 saturated carbocycles. The van der Waals surface area contributed by atoms with Crippen LogP contribution in [0.15, 0.2) is 18.2 Å². The Balaban J connectivity index is 2.61. The summed E-state index contributed by atoms with van der Waals surface area (Å²) >= 11 is 0. The van der Waals surface area contributed by atoms with Crippen molar-refractivity contribution in [2.45, 2.75) is 33.2 Å². The zero-order valence-corrected chi connectivity index (χ0v) is 10.4. The summed E-state index contributed by atoms with van der Waals surface area (Å²) in [5.74, 6) is 0.221. The highest BCUT2D eigenvalue weighted by Gasteiger charge is 2.13. The Kier molecular flexibility index (Phi) is 4.82. The molecule has 0 aromatic heterocycles. The average Bonchev–Trinajstić information content (AvgIpc) is 2.32. The fourth-order valence-corrected chi connectivity index (χ4v) is 1.73. The number of hydrogen-bond acceptors (Lipinski definition) is 3. The number of nitrogens with two attached hydrogens (primary N) is 1. The Labute approximate surface area is 102 Å². The van der Waals surface area contributed by atoms with Crippen LogP contribution in [0.5, 0.6) is 5.75 Å². The molecule has 0 atom stereocenters. The summed E-state index contributed by atoms with van der Waals surface area (Å²) in [6, 6.07) is 4.83. The maximum absolute atomic E-state index is 11.8. The van der Waals surface area contributed by atoms with Gasteiger partial charge in [-0.3, -0.25) is 4.79 Å². The Hall–Kier alpha value is -1.71. The molecule has 94 valence electrons. The molecule has 0 bridgehead atoms. The van der Waals surface area contributed by atoms with Crippen LogP contribution < -0.4 is 11.1 Å². The van der Waals surface area contributed by atoms with Crippen molar-refractivity contribution in [2.24, 2.45) is 5.92 Å². The largest absolute Gasteiger partial charge is 0.508 e. The molecule has 1 aromatic rings. The Bertz CT molecular complexity index is 387. The first-order valence-electron chi connectivity index (χ1n) is 5.93. The average molecular weight is 236 g/mol. The minimum atomic E-state index is 0.0248. The van der Waals surface area contributed by atoms with Gasteiger partial charge in [0.25, 0.3) is 0 Å². The van der Waals surface area contributed by atoms with Gasteiger partial charge in [-0.2, -0.15) is 0 Å². The molecule has 0 heterocycles. The number of benzene rings is 1. The third-order valence-corrected chi connectivity index (χ3v) is 2.91. The Morgan fingerprint density at radius 2 is 2.06 bits per heavy atom. The number of rotatable bonds is 5. The van der Waals surface area contributed by atoms with E-state index in [9.17, 15) is 9.90 Å². The zero-order chi connectivity index (χ0) is 12.8. The molecule has 0 radical (unpaired) electrons. The van der Waals surface area contributed by atoms with Crippen molar-refractivity contribution in [3.63, 3.8) is 0 Å². The number of amides is 1. The molecule has 0 aliphatic carbocycles. The fourth-order valence-electron chi connectivity index (χ4n) is 1.73. The predicted molar refractivity (Wildman–Crippen MR) is 68.4 cm³/mol. The molecule has 4 nitrogen and oxygen atoms in total. The number of nitrogens with one attached hydrogen (secondary N) is 1. The quantitative estimate of drug-likeness (QED) is 0.541. The van der Waals surface area contributed by atoms with Crippen LogP contribution in [-0.4, -0.2) is 11.0 Å². The van der Waals surface area contributed by atoms with Gasteiger partial charge in [-0.25, -0.2) is 0 Å². The van der Waals surface area contributed by atoms with E-state index in [1.807, 2.05) is 13.8 Å². The smallest absolute Gasteiger partial charge is 0.223 e. The van der Waals surface area contributed by atoms with E-state index in [1.165, 1.54) is 6.07 Å². The van der Waals surface area contributed by atoms with Crippen LogP contribution in [-0.2, 0) is 11.3 Å². The van der Waals surface area contributed by atoms with Gasteiger partial charge in [0.1, 0.15) is 5.75 Å². The third-order valence-electron chi connectivity index (χ3n) is 2.91. The second kappa shape index (κ2) is 6.13. The lowest BCUT2D eigenvalue weighted by atomic mass is 10.0. The molecular formula is C13H20N2O2. The summed E-state index contributed by atoms with van der Waals surface area (Å²) in [6.45, 7) is 4.30. The maximum Gasteiger partial charge on any atom is 0.223 e. The summed E-state index contributed by atoms with van der Waals surface area (Å²) in [5.41, 5.74) is 6.84. The van der Waals surface area contributed by atoms with Gasteiger partial charge in [-0.05, 0) is 31.0 Å². The second-order valence-electron chi connectivity index (χ2n) is 4.12. The lowest BCUT2D eigenvalue weighted by Crippen LogP contribution is -2.29. The standard InChI is InChI=1S/C13H20N2O2/c1-3-9(4-2)13(17)15-8-10-7-11(14)5-6-12(10)16/h5-7,9,16H,3-4,8,14H2,1-2H3,(H,15,17). The minimum absolute atomic E-state index is 0.0248. The van der Waals surface area contributed by atoms with E-state index >= 15 is 0 Å². The number of phenols is 1. The molecule has 1 aromatic carbocycles. The summed E-state index contributed by atoms with van der Waals surface area (Å²) in [4.78, 5) is 11.8. The highest BCUT2D eigenvalue weighted by Crippen LogP contribution is 2.19. The van der Waals surface area contributed by atoms with Crippen molar-refractivity contribution in [1.82, 2.24) is 5.32 Å². The van der Waals surface area contributed by atoms with Gasteiger partial charge in [-0.15, -0.1) is 0 Å². The lowest BCUT2D eigenvalue weighted by Gasteiger charge is -2.13. The van der Waals surface area contributed by atoms with Gasteiger partial charge >= 0.3 is 0 Å². The van der Waals surface area contributed by atoms with Crippen molar-refractivity contribution in [3.8, 4) is 5.75 Å². The van der Waals surface area contributed by atoms with Crippen LogP contribution in [0, 0.1) is 5.92 Å². The SMILES string of the molecule is CCC(CC)C(=O)NCc1cc(N)ccc1O. The van der Waals surface area contributed by atoms with E-state index in [0.29, 0.717) is 17.8 Å². The summed E-state index contributed by atoms with van der Waals surface area (Å²) in [6.07, 6.45) is 1.65. The van der Waals surface area contributed by atoms with Crippen LogP contribution in [0.4, 0.5) is 5.69 Å². The Morgan fingerprint density at radius 3 is 2.65 bits per heavy atom. The Morgan fingerprint density at radius 1 is 1.41 bits per heavy atom. The van der Waals surface area contributed by atoms with Gasteiger partial charge in [0.2, 0.25) is 5.91 Å². The van der Waals surface area contributed by atoms with Crippen molar-refractivity contribution >= 4 is 11.6 Å². The van der Waals surface area contributed by atoms with Crippen molar-refractivity contribution in [1.29, 1.82) is 0 Å². The molecule has 4 heteroatoms. The fraction of sp³-hybridized carbons (Fsp3) is 0.462. The summed E-state index contributed by atoms with van der Waals surface area (Å²) in [5, 5.41) is 12.4. The first kappa shape index (κ1) is 13.4. The molecule has 1 rings (SSSR count). The van der Waals surface area contributed by atoms with Crippen molar-refractivity contribution in [2.75, 3.05) is 5.73 Å². The first-order chi connectivity index (χ1) is 8.08. The topological polar surface area (TPSA) is 75.4 Å². The number of phenolic OH excluding ortho intramolecular Hbond substituents is 1. The molecule has 0 saturated heterocycles. The van der Waals surface area contributed by atoms with E-state index in [-0.39, 0.29) is 17.6 Å². The van der Waals surface area contributed by atoms with Crippen LogP contribution in [0.25, 0.3) is 0 Å². The van der Waals surface area contributed by atoms with Crippen LogP contribution >= 0.6 is 0 Å². The van der Waals surface area contributed by atoms with E-state index < -0.39 is 0 Å². The number of nitrogen functional groups attached to an aromatic ring is 1.